The Kier molecular flexibility index (Phi) is 3.12. The zero-order chi connectivity index (χ0) is 15.1. The van der Waals surface area contributed by atoms with Crippen LogP contribution < -0.4 is 0 Å². The molecule has 0 bridgehead atoms. The van der Waals surface area contributed by atoms with Crippen molar-refractivity contribution in [3.8, 4) is 0 Å². The fourth-order valence-electron chi connectivity index (χ4n) is 3.09. The first-order chi connectivity index (χ1) is 10.7. The molecule has 2 aromatic carbocycles. The SMILES string of the molecule is O=C1/C(=C\c2ccc(Cl)cc2)CCc2c1[nH]c1ccccc21. The summed E-state index contributed by atoms with van der Waals surface area (Å²) in [6.45, 7) is 0. The molecule has 3 aromatic rings. The van der Waals surface area contributed by atoms with Gasteiger partial charge in [-0.2, -0.15) is 0 Å². The van der Waals surface area contributed by atoms with Crippen LogP contribution in [0.5, 0.6) is 0 Å². The standard InChI is InChI=1S/C19H14ClNO/c20-14-8-5-12(6-9-14)11-13-7-10-16-15-3-1-2-4-17(15)21-18(16)19(13)22/h1-6,8-9,11,21H,7,10H2/b13-11-. The lowest BCUT2D eigenvalue weighted by molar-refractivity contribution is 0.102. The van der Waals surface area contributed by atoms with E-state index in [-0.39, 0.29) is 5.78 Å². The van der Waals surface area contributed by atoms with Gasteiger partial charge in [0.25, 0.3) is 0 Å². The lowest BCUT2D eigenvalue weighted by Gasteiger charge is -2.14. The number of benzene rings is 2. The van der Waals surface area contributed by atoms with E-state index in [1.165, 1.54) is 0 Å². The van der Waals surface area contributed by atoms with Crippen molar-refractivity contribution in [1.82, 2.24) is 4.98 Å². The summed E-state index contributed by atoms with van der Waals surface area (Å²) < 4.78 is 0. The van der Waals surface area contributed by atoms with Gasteiger partial charge in [-0.25, -0.2) is 0 Å². The van der Waals surface area contributed by atoms with Gasteiger partial charge in [0, 0.05) is 21.5 Å². The zero-order valence-corrected chi connectivity index (χ0v) is 12.7. The topological polar surface area (TPSA) is 32.9 Å². The number of carbonyl (C=O) groups excluding carboxylic acids is 1. The quantitative estimate of drug-likeness (QED) is 0.628. The molecule has 0 aliphatic heterocycles. The summed E-state index contributed by atoms with van der Waals surface area (Å²) in [4.78, 5) is 16.0. The second-order valence-electron chi connectivity index (χ2n) is 5.57. The summed E-state index contributed by atoms with van der Waals surface area (Å²) in [5.74, 6) is 0.104. The number of carbonyl (C=O) groups is 1. The number of para-hydroxylation sites is 1. The number of H-pyrrole nitrogens is 1. The number of hydrogen-bond donors (Lipinski definition) is 1. The molecule has 0 unspecified atom stereocenters. The van der Waals surface area contributed by atoms with Crippen molar-refractivity contribution in [1.29, 1.82) is 0 Å². The average molecular weight is 308 g/mol. The molecule has 0 radical (unpaired) electrons. The Labute approximate surface area is 133 Å². The van der Waals surface area contributed by atoms with Gasteiger partial charge in [-0.3, -0.25) is 4.79 Å². The highest BCUT2D eigenvalue weighted by Gasteiger charge is 2.25. The first-order valence-electron chi connectivity index (χ1n) is 7.33. The first kappa shape index (κ1) is 13.4. The number of ketones is 1. The molecule has 22 heavy (non-hydrogen) atoms. The fourth-order valence-corrected chi connectivity index (χ4v) is 3.21. The zero-order valence-electron chi connectivity index (χ0n) is 11.9. The second-order valence-corrected chi connectivity index (χ2v) is 6.01. The van der Waals surface area contributed by atoms with Crippen LogP contribution in [0.15, 0.2) is 54.1 Å². The van der Waals surface area contributed by atoms with Crippen LogP contribution in [0.3, 0.4) is 0 Å². The number of halogens is 1. The van der Waals surface area contributed by atoms with E-state index in [0.717, 1.165) is 46.1 Å². The number of rotatable bonds is 1. The van der Waals surface area contributed by atoms with Gasteiger partial charge in [0.2, 0.25) is 5.78 Å². The number of hydrogen-bond acceptors (Lipinski definition) is 1. The highest BCUT2D eigenvalue weighted by Crippen LogP contribution is 2.32. The smallest absolute Gasteiger partial charge is 0.205 e. The third-order valence-corrected chi connectivity index (χ3v) is 4.44. The van der Waals surface area contributed by atoms with Crippen molar-refractivity contribution in [2.45, 2.75) is 12.8 Å². The summed E-state index contributed by atoms with van der Waals surface area (Å²) in [7, 11) is 0. The van der Waals surface area contributed by atoms with Gasteiger partial charge < -0.3 is 4.98 Å². The highest BCUT2D eigenvalue weighted by molar-refractivity contribution is 6.30. The molecule has 4 rings (SSSR count). The number of fused-ring (bicyclic) bond motifs is 3. The predicted molar refractivity (Wildman–Crippen MR) is 90.4 cm³/mol. The van der Waals surface area contributed by atoms with Gasteiger partial charge in [0.1, 0.15) is 0 Å². The average Bonchev–Trinajstić information content (AvgIpc) is 2.92. The van der Waals surface area contributed by atoms with Crippen LogP contribution in [0.25, 0.3) is 17.0 Å². The maximum absolute atomic E-state index is 12.7. The van der Waals surface area contributed by atoms with Gasteiger partial charge in [0.15, 0.2) is 0 Å². The molecule has 0 fully saturated rings. The Hall–Kier alpha value is -2.32. The van der Waals surface area contributed by atoms with Crippen LogP contribution in [0.1, 0.15) is 28.0 Å². The van der Waals surface area contributed by atoms with Gasteiger partial charge in [-0.1, -0.05) is 41.9 Å². The van der Waals surface area contributed by atoms with Gasteiger partial charge in [-0.05, 0) is 48.2 Å². The van der Waals surface area contributed by atoms with Gasteiger partial charge in [-0.15, -0.1) is 0 Å². The summed E-state index contributed by atoms with van der Waals surface area (Å²) >= 11 is 5.90. The summed E-state index contributed by atoms with van der Waals surface area (Å²) in [6, 6.07) is 15.6. The monoisotopic (exact) mass is 307 g/mol. The van der Waals surface area contributed by atoms with Crippen LogP contribution in [-0.2, 0) is 6.42 Å². The molecule has 0 atom stereocenters. The highest BCUT2D eigenvalue weighted by atomic mass is 35.5. The number of aromatic amines is 1. The lowest BCUT2D eigenvalue weighted by Crippen LogP contribution is -2.13. The van der Waals surface area contributed by atoms with E-state index in [9.17, 15) is 4.79 Å². The molecule has 1 aliphatic rings. The molecule has 0 saturated carbocycles. The van der Waals surface area contributed by atoms with E-state index in [1.807, 2.05) is 48.5 Å². The Morgan fingerprint density at radius 2 is 1.77 bits per heavy atom. The lowest BCUT2D eigenvalue weighted by atomic mass is 9.89. The molecule has 0 spiro atoms. The molecule has 108 valence electrons. The largest absolute Gasteiger partial charge is 0.352 e. The molecule has 1 N–H and O–H groups in total. The van der Waals surface area contributed by atoms with E-state index in [4.69, 9.17) is 11.6 Å². The third kappa shape index (κ3) is 2.16. The second kappa shape index (κ2) is 5.15. The number of allylic oxidation sites excluding steroid dienone is 1. The van der Waals surface area contributed by atoms with Crippen molar-refractivity contribution >= 4 is 34.4 Å². The number of nitrogens with one attached hydrogen (secondary N) is 1. The van der Waals surface area contributed by atoms with E-state index < -0.39 is 0 Å². The fraction of sp³-hybridized carbons (Fsp3) is 0.105. The molecule has 1 heterocycles. The Morgan fingerprint density at radius 3 is 2.59 bits per heavy atom. The first-order valence-corrected chi connectivity index (χ1v) is 7.70. The van der Waals surface area contributed by atoms with E-state index in [0.29, 0.717) is 5.02 Å². The molecular weight excluding hydrogens is 294 g/mol. The van der Waals surface area contributed by atoms with Gasteiger partial charge >= 0.3 is 0 Å². The summed E-state index contributed by atoms with van der Waals surface area (Å²) in [6.07, 6.45) is 3.63. The Balaban J connectivity index is 1.77. The minimum Gasteiger partial charge on any atom is -0.352 e. The number of aromatic nitrogens is 1. The molecule has 0 amide bonds. The number of Topliss-reactive ketones (excluding diaryl/α,β-unsaturated/α-hetero) is 1. The van der Waals surface area contributed by atoms with Crippen molar-refractivity contribution in [2.75, 3.05) is 0 Å². The molecule has 1 aromatic heterocycles. The van der Waals surface area contributed by atoms with Gasteiger partial charge in [0.05, 0.1) is 5.69 Å². The van der Waals surface area contributed by atoms with Crippen molar-refractivity contribution in [3.63, 3.8) is 0 Å². The van der Waals surface area contributed by atoms with Crippen molar-refractivity contribution in [3.05, 3.63) is 75.9 Å². The van der Waals surface area contributed by atoms with Crippen LogP contribution in [0.2, 0.25) is 5.02 Å². The molecule has 2 nitrogen and oxygen atoms in total. The minimum atomic E-state index is 0.104. The maximum atomic E-state index is 12.7. The molecule has 1 aliphatic carbocycles. The van der Waals surface area contributed by atoms with Crippen molar-refractivity contribution < 1.29 is 4.79 Å². The summed E-state index contributed by atoms with van der Waals surface area (Å²) in [5.41, 5.74) is 4.78. The Bertz CT molecular complexity index is 903. The normalized spacial score (nSPS) is 16.2. The minimum absolute atomic E-state index is 0.104. The van der Waals surface area contributed by atoms with Crippen LogP contribution in [0.4, 0.5) is 0 Å². The van der Waals surface area contributed by atoms with Crippen LogP contribution in [-0.4, -0.2) is 10.8 Å². The van der Waals surface area contributed by atoms with E-state index in [1.54, 1.807) is 0 Å². The number of aryl methyl sites for hydroxylation is 1. The van der Waals surface area contributed by atoms with E-state index in [2.05, 4.69) is 11.1 Å². The maximum Gasteiger partial charge on any atom is 0.205 e. The van der Waals surface area contributed by atoms with Crippen LogP contribution in [0, 0.1) is 0 Å². The summed E-state index contributed by atoms with van der Waals surface area (Å²) in [5, 5.41) is 1.87. The molecule has 0 saturated heterocycles. The van der Waals surface area contributed by atoms with Crippen LogP contribution >= 0.6 is 11.6 Å². The molecule has 3 heteroatoms. The van der Waals surface area contributed by atoms with Crippen molar-refractivity contribution in [2.24, 2.45) is 0 Å². The Morgan fingerprint density at radius 1 is 1.00 bits per heavy atom. The predicted octanol–water partition coefficient (Wildman–Crippen LogP) is 5.03. The third-order valence-electron chi connectivity index (χ3n) is 4.19. The van der Waals surface area contributed by atoms with E-state index >= 15 is 0 Å². The molecular formula is C19H14ClNO.